The summed E-state index contributed by atoms with van der Waals surface area (Å²) in [7, 11) is 0. The molecule has 0 aromatic heterocycles. The van der Waals surface area contributed by atoms with E-state index >= 15 is 0 Å². The van der Waals surface area contributed by atoms with Crippen molar-refractivity contribution in [3.05, 3.63) is 0 Å². The Balaban J connectivity index is 3.94. The first-order chi connectivity index (χ1) is 4.46. The van der Waals surface area contributed by atoms with Gasteiger partial charge >= 0.3 is 5.97 Å². The van der Waals surface area contributed by atoms with E-state index in [4.69, 9.17) is 5.11 Å². The van der Waals surface area contributed by atoms with E-state index in [0.29, 0.717) is 5.92 Å². The van der Waals surface area contributed by atoms with Gasteiger partial charge in [-0.05, 0) is 11.8 Å². The molecule has 1 N–H and O–H groups in total. The number of aliphatic carboxylic acids is 1. The number of carboxylic acids is 1. The molecule has 0 aromatic carbocycles. The molecule has 0 aliphatic rings. The Bertz CT molecular complexity index is 118. The molecule has 2 nitrogen and oxygen atoms in total. The number of carbonyl (C=O) groups is 1. The minimum atomic E-state index is -0.693. The van der Waals surface area contributed by atoms with Crippen LogP contribution in [0.1, 0.15) is 27.7 Å². The lowest BCUT2D eigenvalue weighted by Crippen LogP contribution is -2.21. The quantitative estimate of drug-likeness (QED) is 0.657. The lowest BCUT2D eigenvalue weighted by molar-refractivity contribution is -0.143. The van der Waals surface area contributed by atoms with Crippen LogP contribution in [0.3, 0.4) is 0 Å². The van der Waals surface area contributed by atoms with E-state index in [0.717, 1.165) is 0 Å². The third kappa shape index (κ3) is 2.38. The summed E-state index contributed by atoms with van der Waals surface area (Å²) >= 11 is 0. The molecular weight excluding hydrogens is 128 g/mol. The topological polar surface area (TPSA) is 37.3 Å². The van der Waals surface area contributed by atoms with Gasteiger partial charge in [-0.2, -0.15) is 0 Å². The van der Waals surface area contributed by atoms with Crippen LogP contribution in [0.5, 0.6) is 0 Å². The number of hydrogen-bond acceptors (Lipinski definition) is 1. The van der Waals surface area contributed by atoms with Gasteiger partial charge in [0.05, 0.1) is 5.92 Å². The highest BCUT2D eigenvalue weighted by Crippen LogP contribution is 2.19. The fraction of sp³-hybridized carbons (Fsp3) is 0.875. The predicted octanol–water partition coefficient (Wildman–Crippen LogP) is 2.00. The van der Waals surface area contributed by atoms with Crippen molar-refractivity contribution in [2.24, 2.45) is 17.8 Å². The highest BCUT2D eigenvalue weighted by Gasteiger charge is 2.21. The van der Waals surface area contributed by atoms with E-state index in [1.165, 1.54) is 0 Å². The molecule has 60 valence electrons. The number of rotatable bonds is 3. The lowest BCUT2D eigenvalue weighted by Gasteiger charge is -2.19. The standard InChI is InChI=1S/C8H16O2/c1-5(2)6(3)7(4)8(9)10/h5-7H,1-4H3,(H,9,10)/t6-,7-/m1/s1. The summed E-state index contributed by atoms with van der Waals surface area (Å²) in [5.41, 5.74) is 0. The van der Waals surface area contributed by atoms with E-state index in [1.54, 1.807) is 6.92 Å². The summed E-state index contributed by atoms with van der Waals surface area (Å²) in [5.74, 6) is -0.204. The first kappa shape index (κ1) is 9.47. The molecule has 0 spiro atoms. The SMILES string of the molecule is CC(C)[C@@H](C)[C@@H](C)C(=O)O. The van der Waals surface area contributed by atoms with Gasteiger partial charge < -0.3 is 5.11 Å². The summed E-state index contributed by atoms with van der Waals surface area (Å²) in [4.78, 5) is 10.4. The molecule has 0 bridgehead atoms. The minimum absolute atomic E-state index is 0.222. The molecular formula is C8H16O2. The second-order valence-corrected chi connectivity index (χ2v) is 3.23. The van der Waals surface area contributed by atoms with Gasteiger partial charge in [-0.25, -0.2) is 0 Å². The maximum atomic E-state index is 10.4. The Hall–Kier alpha value is -0.530. The van der Waals surface area contributed by atoms with Gasteiger partial charge in [-0.1, -0.05) is 27.7 Å². The molecule has 2 atom stereocenters. The highest BCUT2D eigenvalue weighted by molar-refractivity contribution is 5.69. The van der Waals surface area contributed by atoms with Crippen molar-refractivity contribution in [2.75, 3.05) is 0 Å². The zero-order valence-corrected chi connectivity index (χ0v) is 7.09. The first-order valence-corrected chi connectivity index (χ1v) is 3.69. The molecule has 0 radical (unpaired) electrons. The minimum Gasteiger partial charge on any atom is -0.481 e. The molecule has 0 saturated heterocycles. The van der Waals surface area contributed by atoms with E-state index in [2.05, 4.69) is 0 Å². The molecule has 10 heavy (non-hydrogen) atoms. The van der Waals surface area contributed by atoms with Gasteiger partial charge in [-0.15, -0.1) is 0 Å². The zero-order chi connectivity index (χ0) is 8.31. The van der Waals surface area contributed by atoms with E-state index in [9.17, 15) is 4.79 Å². The van der Waals surface area contributed by atoms with Crippen LogP contribution in [0.15, 0.2) is 0 Å². The van der Waals surface area contributed by atoms with Crippen LogP contribution in [0.4, 0.5) is 0 Å². The highest BCUT2D eigenvalue weighted by atomic mass is 16.4. The smallest absolute Gasteiger partial charge is 0.306 e. The third-order valence-electron chi connectivity index (χ3n) is 2.23. The van der Waals surface area contributed by atoms with Crippen LogP contribution >= 0.6 is 0 Å². The van der Waals surface area contributed by atoms with Crippen molar-refractivity contribution in [2.45, 2.75) is 27.7 Å². The van der Waals surface area contributed by atoms with Gasteiger partial charge in [0.2, 0.25) is 0 Å². The summed E-state index contributed by atoms with van der Waals surface area (Å²) in [5, 5.41) is 8.60. The fourth-order valence-corrected chi connectivity index (χ4v) is 0.802. The molecule has 0 fully saturated rings. The maximum Gasteiger partial charge on any atom is 0.306 e. The summed E-state index contributed by atoms with van der Waals surface area (Å²) in [6.45, 7) is 7.82. The van der Waals surface area contributed by atoms with E-state index < -0.39 is 5.97 Å². The maximum absolute atomic E-state index is 10.4. The van der Waals surface area contributed by atoms with Crippen LogP contribution in [0.2, 0.25) is 0 Å². The summed E-state index contributed by atoms with van der Waals surface area (Å²) in [6.07, 6.45) is 0. The molecule has 0 rings (SSSR count). The van der Waals surface area contributed by atoms with Gasteiger partial charge in [0.15, 0.2) is 0 Å². The molecule has 0 aliphatic heterocycles. The van der Waals surface area contributed by atoms with Crippen LogP contribution in [0, 0.1) is 17.8 Å². The van der Waals surface area contributed by atoms with Crippen molar-refractivity contribution in [1.82, 2.24) is 0 Å². The van der Waals surface area contributed by atoms with Gasteiger partial charge in [-0.3, -0.25) is 4.79 Å². The fourth-order valence-electron chi connectivity index (χ4n) is 0.802. The third-order valence-corrected chi connectivity index (χ3v) is 2.23. The van der Waals surface area contributed by atoms with Crippen molar-refractivity contribution in [3.63, 3.8) is 0 Å². The van der Waals surface area contributed by atoms with Crippen molar-refractivity contribution in [1.29, 1.82) is 0 Å². The second kappa shape index (κ2) is 3.59. The van der Waals surface area contributed by atoms with Crippen molar-refractivity contribution >= 4 is 5.97 Å². The average molecular weight is 144 g/mol. The first-order valence-electron chi connectivity index (χ1n) is 3.69. The Labute approximate surface area is 62.2 Å². The van der Waals surface area contributed by atoms with E-state index in [-0.39, 0.29) is 11.8 Å². The summed E-state index contributed by atoms with van der Waals surface area (Å²) < 4.78 is 0. The van der Waals surface area contributed by atoms with Crippen LogP contribution in [-0.2, 0) is 4.79 Å². The molecule has 0 amide bonds. The molecule has 0 aromatic rings. The Kier molecular flexibility index (Phi) is 3.40. The number of carboxylic acid groups (broad SMARTS) is 1. The predicted molar refractivity (Wildman–Crippen MR) is 40.8 cm³/mol. The largest absolute Gasteiger partial charge is 0.481 e. The molecule has 0 saturated carbocycles. The average Bonchev–Trinajstić information content (AvgIpc) is 1.84. The molecule has 0 aliphatic carbocycles. The molecule has 0 heterocycles. The monoisotopic (exact) mass is 144 g/mol. The van der Waals surface area contributed by atoms with Crippen LogP contribution < -0.4 is 0 Å². The van der Waals surface area contributed by atoms with E-state index in [1.807, 2.05) is 20.8 Å². The zero-order valence-electron chi connectivity index (χ0n) is 7.09. The van der Waals surface area contributed by atoms with Gasteiger partial charge in [0.25, 0.3) is 0 Å². The van der Waals surface area contributed by atoms with Gasteiger partial charge in [0.1, 0.15) is 0 Å². The van der Waals surface area contributed by atoms with Crippen molar-refractivity contribution in [3.8, 4) is 0 Å². The summed E-state index contributed by atoms with van der Waals surface area (Å²) in [6, 6.07) is 0. The number of hydrogen-bond donors (Lipinski definition) is 1. The Morgan fingerprint density at radius 2 is 1.60 bits per heavy atom. The van der Waals surface area contributed by atoms with Crippen LogP contribution in [-0.4, -0.2) is 11.1 Å². The second-order valence-electron chi connectivity index (χ2n) is 3.23. The Morgan fingerprint density at radius 3 is 1.70 bits per heavy atom. The normalized spacial score (nSPS) is 16.9. The molecule has 2 heteroatoms. The molecule has 0 unspecified atom stereocenters. The Morgan fingerprint density at radius 1 is 1.20 bits per heavy atom. The lowest BCUT2D eigenvalue weighted by atomic mass is 9.86. The van der Waals surface area contributed by atoms with Crippen molar-refractivity contribution < 1.29 is 9.90 Å². The van der Waals surface area contributed by atoms with Crippen LogP contribution in [0.25, 0.3) is 0 Å². The van der Waals surface area contributed by atoms with Gasteiger partial charge in [0, 0.05) is 0 Å².